The molecule has 0 aliphatic heterocycles. The van der Waals surface area contributed by atoms with Crippen LogP contribution in [0.1, 0.15) is 20.3 Å². The van der Waals surface area contributed by atoms with Crippen molar-refractivity contribution in [3.63, 3.8) is 0 Å². The van der Waals surface area contributed by atoms with Gasteiger partial charge >= 0.3 is 12.4 Å². The highest BCUT2D eigenvalue weighted by Gasteiger charge is 2.57. The number of nitrogens with two attached hydrogens (primary N) is 1. The lowest BCUT2D eigenvalue weighted by Gasteiger charge is -2.24. The quantitative estimate of drug-likeness (QED) is 0.704. The van der Waals surface area contributed by atoms with Crippen molar-refractivity contribution in [3.05, 3.63) is 0 Å². The summed E-state index contributed by atoms with van der Waals surface area (Å²) in [6.45, 7) is 2.38. The molecule has 0 saturated heterocycles. The molecule has 20 heavy (non-hydrogen) atoms. The molecule has 0 aromatic rings. The first-order chi connectivity index (χ1) is 8.85. The van der Waals surface area contributed by atoms with Crippen molar-refractivity contribution in [3.8, 4) is 0 Å². The van der Waals surface area contributed by atoms with Crippen LogP contribution in [0.5, 0.6) is 0 Å². The van der Waals surface area contributed by atoms with Gasteiger partial charge in [0.25, 0.3) is 0 Å². The number of carbonyl (C=O) groups excluding carboxylic acids is 1. The van der Waals surface area contributed by atoms with E-state index in [2.05, 4.69) is 10.1 Å². The Hall–Kier alpha value is -1.03. The summed E-state index contributed by atoms with van der Waals surface area (Å²) in [7, 11) is 0. The molecule has 0 aliphatic rings. The molecule has 0 radical (unpaired) electrons. The van der Waals surface area contributed by atoms with Crippen molar-refractivity contribution in [2.75, 3.05) is 6.61 Å². The summed E-state index contributed by atoms with van der Waals surface area (Å²) in [5.74, 6) is -0.877. The Bertz CT molecular complexity index is 302. The lowest BCUT2D eigenvalue weighted by Crippen LogP contribution is -2.47. The topological polar surface area (TPSA) is 64.3 Å². The van der Waals surface area contributed by atoms with Gasteiger partial charge in [0.2, 0.25) is 12.0 Å². The second-order valence-corrected chi connectivity index (χ2v) is 4.40. The molecule has 120 valence electrons. The van der Waals surface area contributed by atoms with Gasteiger partial charge in [-0.15, -0.1) is 0 Å². The van der Waals surface area contributed by atoms with Crippen molar-refractivity contribution in [2.24, 2.45) is 5.73 Å². The van der Waals surface area contributed by atoms with E-state index in [1.54, 1.807) is 13.8 Å². The van der Waals surface area contributed by atoms with E-state index >= 15 is 0 Å². The Kier molecular flexibility index (Phi) is 6.75. The molecule has 0 rings (SSSR count). The summed E-state index contributed by atoms with van der Waals surface area (Å²) in [4.78, 5) is 11.0. The van der Waals surface area contributed by atoms with Crippen molar-refractivity contribution in [1.29, 1.82) is 0 Å². The van der Waals surface area contributed by atoms with Crippen LogP contribution in [0.15, 0.2) is 0 Å². The third-order valence-electron chi connectivity index (χ3n) is 2.16. The summed E-state index contributed by atoms with van der Waals surface area (Å²) in [6, 6.07) is -1.27. The molecule has 1 amide bonds. The third-order valence-corrected chi connectivity index (χ3v) is 2.16. The predicted molar refractivity (Wildman–Crippen MR) is 57.7 cm³/mol. The summed E-state index contributed by atoms with van der Waals surface area (Å²) in [5.41, 5.74) is 4.97. The first kappa shape index (κ1) is 19.0. The Morgan fingerprint density at radius 2 is 1.60 bits per heavy atom. The average Bonchev–Trinajstić information content (AvgIpc) is 2.17. The zero-order valence-electron chi connectivity index (χ0n) is 10.8. The van der Waals surface area contributed by atoms with Crippen molar-refractivity contribution in [2.45, 2.75) is 50.8 Å². The number of amides is 1. The van der Waals surface area contributed by atoms with Gasteiger partial charge in [-0.1, -0.05) is 13.8 Å². The van der Waals surface area contributed by atoms with Gasteiger partial charge in [-0.3, -0.25) is 4.79 Å². The molecule has 0 aromatic carbocycles. The lowest BCUT2D eigenvalue weighted by atomic mass is 10.2. The van der Waals surface area contributed by atoms with Crippen LogP contribution in [-0.2, 0) is 9.53 Å². The molecule has 0 heterocycles. The van der Waals surface area contributed by atoms with Gasteiger partial charge in [0, 0.05) is 12.6 Å². The van der Waals surface area contributed by atoms with Crippen LogP contribution in [0.3, 0.4) is 0 Å². The van der Waals surface area contributed by atoms with Gasteiger partial charge < -0.3 is 15.8 Å². The van der Waals surface area contributed by atoms with Crippen molar-refractivity contribution < 1.29 is 35.9 Å². The Morgan fingerprint density at radius 3 is 1.90 bits per heavy atom. The molecule has 10 heteroatoms. The number of rotatable bonds is 7. The Labute approximate surface area is 111 Å². The van der Waals surface area contributed by atoms with Gasteiger partial charge in [0.05, 0.1) is 6.04 Å². The number of alkyl halides is 6. The molecular formula is C10H16F6N2O2. The van der Waals surface area contributed by atoms with Gasteiger partial charge in [0.15, 0.2) is 0 Å². The minimum Gasteiger partial charge on any atom is -0.368 e. The zero-order valence-corrected chi connectivity index (χ0v) is 10.8. The maximum Gasteiger partial charge on any atom is 0.423 e. The Balaban J connectivity index is 4.53. The highest BCUT2D eigenvalue weighted by atomic mass is 19.4. The minimum absolute atomic E-state index is 0.214. The van der Waals surface area contributed by atoms with E-state index < -0.39 is 43.4 Å². The maximum atomic E-state index is 12.2. The number of carbonyl (C=O) groups is 1. The van der Waals surface area contributed by atoms with E-state index in [1.807, 2.05) is 0 Å². The smallest absolute Gasteiger partial charge is 0.368 e. The second-order valence-electron chi connectivity index (χ2n) is 4.40. The SMILES string of the molecule is CC(C)NC(CCOC(C(F)(F)F)C(F)(F)F)C(N)=O. The fourth-order valence-corrected chi connectivity index (χ4v) is 1.39. The van der Waals surface area contributed by atoms with E-state index in [9.17, 15) is 31.1 Å². The number of hydrogen-bond donors (Lipinski definition) is 2. The van der Waals surface area contributed by atoms with E-state index in [4.69, 9.17) is 5.73 Å². The molecule has 3 N–H and O–H groups in total. The van der Waals surface area contributed by atoms with Gasteiger partial charge in [-0.25, -0.2) is 0 Å². The van der Waals surface area contributed by atoms with Crippen LogP contribution in [0.4, 0.5) is 26.3 Å². The van der Waals surface area contributed by atoms with Crippen LogP contribution in [0.25, 0.3) is 0 Å². The molecule has 0 aromatic heterocycles. The first-order valence-electron chi connectivity index (χ1n) is 5.66. The zero-order chi connectivity index (χ0) is 16.1. The third kappa shape index (κ3) is 6.94. The monoisotopic (exact) mass is 310 g/mol. The van der Waals surface area contributed by atoms with E-state index in [1.165, 1.54) is 0 Å². The van der Waals surface area contributed by atoms with E-state index in [0.29, 0.717) is 0 Å². The molecule has 1 unspecified atom stereocenters. The molecule has 0 saturated carbocycles. The molecule has 0 fully saturated rings. The number of nitrogens with one attached hydrogen (secondary N) is 1. The molecule has 1 atom stereocenters. The summed E-state index contributed by atoms with van der Waals surface area (Å²) in [5, 5.41) is 2.61. The lowest BCUT2D eigenvalue weighted by molar-refractivity contribution is -0.321. The van der Waals surface area contributed by atoms with Crippen LogP contribution in [0.2, 0.25) is 0 Å². The van der Waals surface area contributed by atoms with Gasteiger partial charge in [0.1, 0.15) is 0 Å². The molecule has 0 aliphatic carbocycles. The summed E-state index contributed by atoms with van der Waals surface area (Å²) in [6.07, 6.45) is -15.4. The standard InChI is InChI=1S/C10H16F6N2O2/c1-5(2)18-6(7(17)19)3-4-20-8(9(11,12)13)10(14,15)16/h5-6,8,18H,3-4H2,1-2H3,(H2,17,19). The molecule has 0 bridgehead atoms. The highest BCUT2D eigenvalue weighted by Crippen LogP contribution is 2.35. The number of hydrogen-bond acceptors (Lipinski definition) is 3. The fraction of sp³-hybridized carbons (Fsp3) is 0.900. The molecular weight excluding hydrogens is 294 g/mol. The van der Waals surface area contributed by atoms with Crippen LogP contribution >= 0.6 is 0 Å². The fourth-order valence-electron chi connectivity index (χ4n) is 1.39. The van der Waals surface area contributed by atoms with Gasteiger partial charge in [-0.05, 0) is 6.42 Å². The maximum absolute atomic E-state index is 12.2. The van der Waals surface area contributed by atoms with Crippen molar-refractivity contribution in [1.82, 2.24) is 5.32 Å². The minimum atomic E-state index is -5.56. The van der Waals surface area contributed by atoms with Crippen LogP contribution < -0.4 is 11.1 Å². The van der Waals surface area contributed by atoms with Crippen LogP contribution in [0, 0.1) is 0 Å². The van der Waals surface area contributed by atoms with E-state index in [0.717, 1.165) is 0 Å². The normalized spacial score (nSPS) is 14.9. The highest BCUT2D eigenvalue weighted by molar-refractivity contribution is 5.79. The van der Waals surface area contributed by atoms with Crippen molar-refractivity contribution >= 4 is 5.91 Å². The predicted octanol–water partition coefficient (Wildman–Crippen LogP) is 1.74. The van der Waals surface area contributed by atoms with Crippen LogP contribution in [-0.4, -0.2) is 43.1 Å². The van der Waals surface area contributed by atoms with Gasteiger partial charge in [-0.2, -0.15) is 26.3 Å². The molecule has 0 spiro atoms. The largest absolute Gasteiger partial charge is 0.423 e. The summed E-state index contributed by atoms with van der Waals surface area (Å²) >= 11 is 0. The number of halogens is 6. The first-order valence-corrected chi connectivity index (χ1v) is 5.66. The van der Waals surface area contributed by atoms with E-state index in [-0.39, 0.29) is 6.04 Å². The average molecular weight is 310 g/mol. The second kappa shape index (κ2) is 7.11. The summed E-state index contributed by atoms with van der Waals surface area (Å²) < 4.78 is 76.8. The Morgan fingerprint density at radius 1 is 1.15 bits per heavy atom. The molecule has 4 nitrogen and oxygen atoms in total. The number of ether oxygens (including phenoxy) is 1. The number of primary amides is 1.